The summed E-state index contributed by atoms with van der Waals surface area (Å²) in [5, 5.41) is 4.82. The Morgan fingerprint density at radius 2 is 2.06 bits per heavy atom. The van der Waals surface area contributed by atoms with Gasteiger partial charge in [-0.05, 0) is 19.1 Å². The van der Waals surface area contributed by atoms with Crippen molar-refractivity contribution in [1.29, 1.82) is 0 Å². The Labute approximate surface area is 98.1 Å². The van der Waals surface area contributed by atoms with Gasteiger partial charge in [-0.25, -0.2) is 0 Å². The van der Waals surface area contributed by atoms with Gasteiger partial charge in [-0.1, -0.05) is 23.4 Å². The molecule has 0 saturated carbocycles. The van der Waals surface area contributed by atoms with E-state index in [2.05, 4.69) is 10.1 Å². The maximum absolute atomic E-state index is 5.70. The largest absolute Gasteiger partial charge is 0.381 e. The predicted octanol–water partition coefficient (Wildman–Crippen LogP) is 2.78. The fourth-order valence-corrected chi connectivity index (χ4v) is 1.90. The highest BCUT2D eigenvalue weighted by molar-refractivity contribution is 5.94. The highest BCUT2D eigenvalue weighted by Gasteiger charge is 2.13. The van der Waals surface area contributed by atoms with Gasteiger partial charge in [0.15, 0.2) is 11.6 Å². The number of nitrogens with zero attached hydrogens (tertiary/aromatic N) is 2. The van der Waals surface area contributed by atoms with Crippen LogP contribution in [0.5, 0.6) is 0 Å². The quantitative estimate of drug-likeness (QED) is 0.691. The van der Waals surface area contributed by atoms with Crippen LogP contribution < -0.4 is 5.73 Å². The molecule has 0 saturated heterocycles. The van der Waals surface area contributed by atoms with Crippen LogP contribution in [-0.4, -0.2) is 10.1 Å². The van der Waals surface area contributed by atoms with E-state index in [1.165, 1.54) is 0 Å². The van der Waals surface area contributed by atoms with Crippen LogP contribution in [0.1, 0.15) is 5.56 Å². The van der Waals surface area contributed by atoms with E-state index < -0.39 is 0 Å². The Bertz CT molecular complexity index is 683. The van der Waals surface area contributed by atoms with Crippen LogP contribution in [0.2, 0.25) is 0 Å². The fraction of sp³-hybridized carbons (Fsp3) is 0.0769. The van der Waals surface area contributed by atoms with Crippen LogP contribution in [0.4, 0.5) is 5.82 Å². The van der Waals surface area contributed by atoms with Gasteiger partial charge in [0.05, 0.1) is 5.52 Å². The lowest BCUT2D eigenvalue weighted by atomic mass is 10.0. The molecule has 0 atom stereocenters. The molecule has 3 rings (SSSR count). The Kier molecular flexibility index (Phi) is 2.08. The zero-order valence-electron chi connectivity index (χ0n) is 9.34. The third-order valence-corrected chi connectivity index (χ3v) is 2.85. The molecule has 0 radical (unpaired) electrons. The number of rotatable bonds is 1. The standard InChI is InChI=1S/C13H11N3O/c1-8-12(17-16-13(8)14)10-4-2-6-11-9(10)5-3-7-15-11/h2-7H,1H3,(H2,14,16). The van der Waals surface area contributed by atoms with E-state index in [4.69, 9.17) is 10.3 Å². The van der Waals surface area contributed by atoms with Gasteiger partial charge in [-0.15, -0.1) is 0 Å². The van der Waals surface area contributed by atoms with Crippen LogP contribution in [-0.2, 0) is 0 Å². The molecule has 0 amide bonds. The van der Waals surface area contributed by atoms with E-state index in [0.29, 0.717) is 11.6 Å². The Balaban J connectivity index is 2.34. The molecule has 0 bridgehead atoms. The second-order valence-electron chi connectivity index (χ2n) is 3.90. The minimum Gasteiger partial charge on any atom is -0.381 e. The normalized spacial score (nSPS) is 10.9. The molecule has 2 N–H and O–H groups in total. The van der Waals surface area contributed by atoms with Gasteiger partial charge in [0, 0.05) is 22.7 Å². The summed E-state index contributed by atoms with van der Waals surface area (Å²) in [4.78, 5) is 4.31. The smallest absolute Gasteiger partial charge is 0.172 e. The molecule has 0 fully saturated rings. The molecular formula is C13H11N3O. The van der Waals surface area contributed by atoms with Crippen molar-refractivity contribution in [3.05, 3.63) is 42.1 Å². The molecule has 4 heteroatoms. The number of fused-ring (bicyclic) bond motifs is 1. The van der Waals surface area contributed by atoms with E-state index in [0.717, 1.165) is 22.0 Å². The first-order chi connectivity index (χ1) is 8.27. The lowest BCUT2D eigenvalue weighted by Crippen LogP contribution is -1.87. The molecule has 0 aliphatic carbocycles. The van der Waals surface area contributed by atoms with Gasteiger partial charge in [-0.3, -0.25) is 4.98 Å². The summed E-state index contributed by atoms with van der Waals surface area (Å²) >= 11 is 0. The molecular weight excluding hydrogens is 214 g/mol. The number of hydrogen-bond donors (Lipinski definition) is 1. The summed E-state index contributed by atoms with van der Waals surface area (Å²) in [7, 11) is 0. The Morgan fingerprint density at radius 1 is 1.18 bits per heavy atom. The van der Waals surface area contributed by atoms with Crippen molar-refractivity contribution in [1.82, 2.24) is 10.1 Å². The van der Waals surface area contributed by atoms with Crippen molar-refractivity contribution >= 4 is 16.7 Å². The topological polar surface area (TPSA) is 64.9 Å². The monoisotopic (exact) mass is 225 g/mol. The van der Waals surface area contributed by atoms with Gasteiger partial charge in [0.1, 0.15) is 0 Å². The van der Waals surface area contributed by atoms with Gasteiger partial charge in [-0.2, -0.15) is 0 Å². The van der Waals surface area contributed by atoms with Crippen molar-refractivity contribution in [3.63, 3.8) is 0 Å². The summed E-state index contributed by atoms with van der Waals surface area (Å²) in [5.74, 6) is 1.14. The van der Waals surface area contributed by atoms with Crippen LogP contribution in [0.3, 0.4) is 0 Å². The third-order valence-electron chi connectivity index (χ3n) is 2.85. The molecule has 2 aromatic heterocycles. The molecule has 3 aromatic rings. The molecule has 0 aliphatic heterocycles. The lowest BCUT2D eigenvalue weighted by molar-refractivity contribution is 0.435. The second kappa shape index (κ2) is 3.59. The number of nitrogen functional groups attached to an aromatic ring is 1. The maximum Gasteiger partial charge on any atom is 0.172 e. The van der Waals surface area contributed by atoms with Gasteiger partial charge >= 0.3 is 0 Å². The van der Waals surface area contributed by atoms with Crippen molar-refractivity contribution in [2.45, 2.75) is 6.92 Å². The van der Waals surface area contributed by atoms with Crippen molar-refractivity contribution in [3.8, 4) is 11.3 Å². The average molecular weight is 225 g/mol. The minimum absolute atomic E-state index is 0.431. The number of hydrogen-bond acceptors (Lipinski definition) is 4. The molecule has 4 nitrogen and oxygen atoms in total. The van der Waals surface area contributed by atoms with Gasteiger partial charge in [0.2, 0.25) is 0 Å². The summed E-state index contributed by atoms with van der Waals surface area (Å²) in [6.45, 7) is 1.90. The van der Waals surface area contributed by atoms with Crippen LogP contribution in [0.25, 0.3) is 22.2 Å². The first-order valence-electron chi connectivity index (χ1n) is 5.33. The number of pyridine rings is 1. The molecule has 1 aromatic carbocycles. The maximum atomic E-state index is 5.70. The first-order valence-corrected chi connectivity index (χ1v) is 5.33. The van der Waals surface area contributed by atoms with Crippen LogP contribution in [0.15, 0.2) is 41.1 Å². The zero-order chi connectivity index (χ0) is 11.8. The van der Waals surface area contributed by atoms with Gasteiger partial charge in [0.25, 0.3) is 0 Å². The highest BCUT2D eigenvalue weighted by Crippen LogP contribution is 2.31. The van der Waals surface area contributed by atoms with Crippen LogP contribution in [0, 0.1) is 6.92 Å². The van der Waals surface area contributed by atoms with E-state index in [1.807, 2.05) is 37.3 Å². The molecule has 0 spiro atoms. The third kappa shape index (κ3) is 1.45. The van der Waals surface area contributed by atoms with Crippen molar-refractivity contribution < 1.29 is 4.52 Å². The molecule has 0 aliphatic rings. The van der Waals surface area contributed by atoms with E-state index in [1.54, 1.807) is 6.20 Å². The predicted molar refractivity (Wildman–Crippen MR) is 66.4 cm³/mol. The average Bonchev–Trinajstić information content (AvgIpc) is 2.69. The summed E-state index contributed by atoms with van der Waals surface area (Å²) in [6.07, 6.45) is 1.77. The highest BCUT2D eigenvalue weighted by atomic mass is 16.5. The fourth-order valence-electron chi connectivity index (χ4n) is 1.90. The number of nitrogens with two attached hydrogens (primary N) is 1. The lowest BCUT2D eigenvalue weighted by Gasteiger charge is -2.02. The molecule has 0 unspecified atom stereocenters. The second-order valence-corrected chi connectivity index (χ2v) is 3.90. The van der Waals surface area contributed by atoms with Crippen LogP contribution >= 0.6 is 0 Å². The molecule has 84 valence electrons. The SMILES string of the molecule is Cc1c(N)noc1-c1cccc2ncccc12. The van der Waals surface area contributed by atoms with Crippen molar-refractivity contribution in [2.75, 3.05) is 5.73 Å². The Hall–Kier alpha value is -2.36. The zero-order valence-corrected chi connectivity index (χ0v) is 9.34. The number of benzene rings is 1. The first kappa shape index (κ1) is 9.84. The molecule has 17 heavy (non-hydrogen) atoms. The minimum atomic E-state index is 0.431. The van der Waals surface area contributed by atoms with E-state index >= 15 is 0 Å². The van der Waals surface area contributed by atoms with E-state index in [9.17, 15) is 0 Å². The summed E-state index contributed by atoms with van der Waals surface area (Å²) in [6, 6.07) is 9.81. The summed E-state index contributed by atoms with van der Waals surface area (Å²) < 4.78 is 5.29. The Morgan fingerprint density at radius 3 is 2.82 bits per heavy atom. The van der Waals surface area contributed by atoms with Crippen molar-refractivity contribution in [2.24, 2.45) is 0 Å². The number of anilines is 1. The number of aromatic nitrogens is 2. The van der Waals surface area contributed by atoms with E-state index in [-0.39, 0.29) is 0 Å². The summed E-state index contributed by atoms with van der Waals surface area (Å²) in [5.41, 5.74) is 8.46. The molecule has 2 heterocycles. The van der Waals surface area contributed by atoms with Gasteiger partial charge < -0.3 is 10.3 Å².